The van der Waals surface area contributed by atoms with Gasteiger partial charge in [0.15, 0.2) is 0 Å². The van der Waals surface area contributed by atoms with Crippen molar-refractivity contribution in [3.63, 3.8) is 0 Å². The van der Waals surface area contributed by atoms with E-state index in [-0.39, 0.29) is 12.5 Å². The molecule has 1 atom stereocenters. The average molecular weight is 229 g/mol. The molecule has 1 unspecified atom stereocenters. The van der Waals surface area contributed by atoms with Crippen molar-refractivity contribution in [3.05, 3.63) is 0 Å². The summed E-state index contributed by atoms with van der Waals surface area (Å²) in [6.45, 7) is 3.96. The minimum atomic E-state index is -0.779. The smallest absolute Gasteiger partial charge is 0.306 e. The van der Waals surface area contributed by atoms with E-state index >= 15 is 0 Å². The van der Waals surface area contributed by atoms with Crippen LogP contribution < -0.4 is 0 Å². The second-order valence-electron chi connectivity index (χ2n) is 4.43. The number of hydrogen-bond donors (Lipinski definition) is 1. The Morgan fingerprint density at radius 2 is 2.06 bits per heavy atom. The largest absolute Gasteiger partial charge is 0.481 e. The fourth-order valence-electron chi connectivity index (χ4n) is 2.44. The van der Waals surface area contributed by atoms with Crippen LogP contribution >= 0.6 is 0 Å². The molecule has 5 nitrogen and oxygen atoms in total. The molecule has 16 heavy (non-hydrogen) atoms. The summed E-state index contributed by atoms with van der Waals surface area (Å²) in [5.41, 5.74) is 0. The number of rotatable bonds is 3. The summed E-state index contributed by atoms with van der Waals surface area (Å²) in [7, 11) is 0. The molecule has 0 spiro atoms. The standard InChI is InChI=1S/C11H19NO4/c13-11(14)7-10-8-12(3-6-16-10)9-1-4-15-5-2-9/h9-10H,1-8H2,(H,13,14). The summed E-state index contributed by atoms with van der Waals surface area (Å²) in [5, 5.41) is 8.74. The number of carboxylic acid groups (broad SMARTS) is 1. The maximum Gasteiger partial charge on any atom is 0.306 e. The van der Waals surface area contributed by atoms with Crippen LogP contribution in [0.3, 0.4) is 0 Å². The van der Waals surface area contributed by atoms with Crippen LogP contribution in [0.2, 0.25) is 0 Å². The highest BCUT2D eigenvalue weighted by Gasteiger charge is 2.28. The Morgan fingerprint density at radius 1 is 1.31 bits per heavy atom. The van der Waals surface area contributed by atoms with Gasteiger partial charge in [-0.2, -0.15) is 0 Å². The van der Waals surface area contributed by atoms with Crippen molar-refractivity contribution in [3.8, 4) is 0 Å². The van der Waals surface area contributed by atoms with Gasteiger partial charge in [0.1, 0.15) is 0 Å². The molecule has 1 N–H and O–H groups in total. The van der Waals surface area contributed by atoms with E-state index < -0.39 is 5.97 Å². The van der Waals surface area contributed by atoms with Crippen LogP contribution in [0.4, 0.5) is 0 Å². The van der Waals surface area contributed by atoms with Crippen molar-refractivity contribution >= 4 is 5.97 Å². The summed E-state index contributed by atoms with van der Waals surface area (Å²) >= 11 is 0. The molecule has 0 aromatic rings. The highest BCUT2D eigenvalue weighted by molar-refractivity contribution is 5.67. The lowest BCUT2D eigenvalue weighted by Gasteiger charge is -2.39. The number of ether oxygens (including phenoxy) is 2. The van der Waals surface area contributed by atoms with Gasteiger partial charge in [-0.15, -0.1) is 0 Å². The number of carbonyl (C=O) groups is 1. The van der Waals surface area contributed by atoms with Gasteiger partial charge < -0.3 is 14.6 Å². The molecular weight excluding hydrogens is 210 g/mol. The highest BCUT2D eigenvalue weighted by atomic mass is 16.5. The van der Waals surface area contributed by atoms with Crippen LogP contribution in [0.5, 0.6) is 0 Å². The quantitative estimate of drug-likeness (QED) is 0.756. The fourth-order valence-corrected chi connectivity index (χ4v) is 2.44. The molecule has 2 fully saturated rings. The van der Waals surface area contributed by atoms with Gasteiger partial charge in [0.2, 0.25) is 0 Å². The molecule has 0 radical (unpaired) electrons. The normalized spacial score (nSPS) is 29.1. The van der Waals surface area contributed by atoms with Crippen LogP contribution in [-0.2, 0) is 14.3 Å². The number of nitrogens with zero attached hydrogens (tertiary/aromatic N) is 1. The van der Waals surface area contributed by atoms with Crippen molar-refractivity contribution in [2.45, 2.75) is 31.4 Å². The minimum absolute atomic E-state index is 0.111. The van der Waals surface area contributed by atoms with Crippen LogP contribution in [0.25, 0.3) is 0 Å². The predicted molar refractivity (Wildman–Crippen MR) is 57.4 cm³/mol. The fraction of sp³-hybridized carbons (Fsp3) is 0.909. The molecule has 0 bridgehead atoms. The number of morpholine rings is 1. The van der Waals surface area contributed by atoms with Crippen molar-refractivity contribution in [2.75, 3.05) is 32.9 Å². The number of aliphatic carboxylic acids is 1. The Labute approximate surface area is 95.3 Å². The van der Waals surface area contributed by atoms with E-state index in [1.54, 1.807) is 0 Å². The lowest BCUT2D eigenvalue weighted by molar-refractivity contribution is -0.143. The van der Waals surface area contributed by atoms with Gasteiger partial charge in [-0.25, -0.2) is 0 Å². The predicted octanol–water partition coefficient (Wildman–Crippen LogP) is 0.341. The highest BCUT2D eigenvalue weighted by Crippen LogP contribution is 2.18. The van der Waals surface area contributed by atoms with Crippen LogP contribution in [-0.4, -0.2) is 61.0 Å². The van der Waals surface area contributed by atoms with E-state index in [2.05, 4.69) is 4.90 Å². The third-order valence-electron chi connectivity index (χ3n) is 3.28. The lowest BCUT2D eigenvalue weighted by Crippen LogP contribution is -2.49. The van der Waals surface area contributed by atoms with Gasteiger partial charge in [0.05, 0.1) is 19.1 Å². The maximum absolute atomic E-state index is 10.6. The summed E-state index contributed by atoms with van der Waals surface area (Å²) < 4.78 is 10.8. The van der Waals surface area contributed by atoms with E-state index in [0.717, 1.165) is 39.1 Å². The third-order valence-corrected chi connectivity index (χ3v) is 3.28. The van der Waals surface area contributed by atoms with Crippen LogP contribution in [0.15, 0.2) is 0 Å². The van der Waals surface area contributed by atoms with Gasteiger partial charge >= 0.3 is 5.97 Å². The zero-order valence-electron chi connectivity index (χ0n) is 9.43. The molecule has 5 heteroatoms. The Balaban J connectivity index is 1.83. The first kappa shape index (κ1) is 11.8. The van der Waals surface area contributed by atoms with Gasteiger partial charge in [-0.05, 0) is 12.8 Å². The molecule has 2 aliphatic heterocycles. The SMILES string of the molecule is O=C(O)CC1CN(C2CCOCC2)CCO1. The van der Waals surface area contributed by atoms with Crippen molar-refractivity contribution in [2.24, 2.45) is 0 Å². The van der Waals surface area contributed by atoms with Crippen molar-refractivity contribution in [1.29, 1.82) is 0 Å². The molecule has 0 saturated carbocycles. The lowest BCUT2D eigenvalue weighted by atomic mass is 10.1. The van der Waals surface area contributed by atoms with Crippen LogP contribution in [0, 0.1) is 0 Å². The molecule has 2 heterocycles. The Kier molecular flexibility index (Phi) is 4.15. The van der Waals surface area contributed by atoms with E-state index in [1.807, 2.05) is 0 Å². The van der Waals surface area contributed by atoms with Gasteiger partial charge in [0, 0.05) is 32.3 Å². The number of hydrogen-bond acceptors (Lipinski definition) is 4. The Morgan fingerprint density at radius 3 is 2.75 bits per heavy atom. The molecule has 0 aliphatic carbocycles. The molecule has 0 aromatic carbocycles. The monoisotopic (exact) mass is 229 g/mol. The molecule has 2 rings (SSSR count). The van der Waals surface area contributed by atoms with Gasteiger partial charge in [0.25, 0.3) is 0 Å². The second kappa shape index (κ2) is 5.61. The molecular formula is C11H19NO4. The van der Waals surface area contributed by atoms with E-state index in [4.69, 9.17) is 14.6 Å². The molecule has 92 valence electrons. The van der Waals surface area contributed by atoms with Crippen molar-refractivity contribution in [1.82, 2.24) is 4.90 Å². The van der Waals surface area contributed by atoms with E-state index in [1.165, 1.54) is 0 Å². The number of carboxylic acids is 1. The summed E-state index contributed by atoms with van der Waals surface area (Å²) in [4.78, 5) is 13.0. The average Bonchev–Trinajstić information content (AvgIpc) is 2.30. The zero-order valence-corrected chi connectivity index (χ0v) is 9.43. The molecule has 0 amide bonds. The topological polar surface area (TPSA) is 59.0 Å². The minimum Gasteiger partial charge on any atom is -0.481 e. The molecule has 2 saturated heterocycles. The summed E-state index contributed by atoms with van der Waals surface area (Å²) in [5.74, 6) is -0.779. The first-order chi connectivity index (χ1) is 7.75. The first-order valence-corrected chi connectivity index (χ1v) is 5.91. The van der Waals surface area contributed by atoms with E-state index in [0.29, 0.717) is 12.6 Å². The van der Waals surface area contributed by atoms with Crippen LogP contribution in [0.1, 0.15) is 19.3 Å². The van der Waals surface area contributed by atoms with Gasteiger partial charge in [-0.3, -0.25) is 9.69 Å². The summed E-state index contributed by atoms with van der Waals surface area (Å²) in [6, 6.07) is 0.550. The third kappa shape index (κ3) is 3.17. The molecule has 0 aromatic heterocycles. The second-order valence-corrected chi connectivity index (χ2v) is 4.43. The van der Waals surface area contributed by atoms with E-state index in [9.17, 15) is 4.79 Å². The summed E-state index contributed by atoms with van der Waals surface area (Å²) in [6.07, 6.45) is 2.08. The van der Waals surface area contributed by atoms with Gasteiger partial charge in [-0.1, -0.05) is 0 Å². The van der Waals surface area contributed by atoms with Crippen molar-refractivity contribution < 1.29 is 19.4 Å². The first-order valence-electron chi connectivity index (χ1n) is 5.91. The maximum atomic E-state index is 10.6. The Bertz CT molecular complexity index is 240. The Hall–Kier alpha value is -0.650. The zero-order chi connectivity index (χ0) is 11.4. The molecule has 2 aliphatic rings.